The number of rotatable bonds is 4. The van der Waals surface area contributed by atoms with Crippen molar-refractivity contribution in [3.63, 3.8) is 0 Å². The maximum Gasteiger partial charge on any atom is 0.0510 e. The Kier molecular flexibility index (Phi) is 5.69. The number of benzene rings is 1. The molecule has 1 aromatic carbocycles. The highest BCUT2D eigenvalue weighted by atomic mass is 79.9. The molecular weight excluding hydrogens is 328 g/mol. The van der Waals surface area contributed by atoms with Crippen molar-refractivity contribution in [3.8, 4) is 0 Å². The van der Waals surface area contributed by atoms with E-state index in [1.54, 1.807) is 0 Å². The van der Waals surface area contributed by atoms with Gasteiger partial charge < -0.3 is 15.3 Å². The van der Waals surface area contributed by atoms with Crippen molar-refractivity contribution in [2.24, 2.45) is 5.92 Å². The number of nitrogens with zero attached hydrogens (tertiary/aromatic N) is 1. The first-order chi connectivity index (χ1) is 9.89. The van der Waals surface area contributed by atoms with Crippen LogP contribution in [0.25, 0.3) is 0 Å². The van der Waals surface area contributed by atoms with E-state index in [0.717, 1.165) is 36.9 Å². The van der Waals surface area contributed by atoms with Crippen molar-refractivity contribution < 1.29 is 5.11 Å². The minimum Gasteiger partial charge on any atom is -0.396 e. The number of aliphatic hydroxyl groups excluding tert-OH is 1. The van der Waals surface area contributed by atoms with E-state index in [1.807, 2.05) is 0 Å². The highest BCUT2D eigenvalue weighted by Crippen LogP contribution is 2.30. The van der Waals surface area contributed by atoms with Gasteiger partial charge in [0.2, 0.25) is 0 Å². The Labute approximate surface area is 136 Å². The average Bonchev–Trinajstić information content (AvgIpc) is 2.45. The summed E-state index contributed by atoms with van der Waals surface area (Å²) < 4.78 is 1.16. The lowest BCUT2D eigenvalue weighted by molar-refractivity contribution is 0.203. The van der Waals surface area contributed by atoms with Crippen molar-refractivity contribution in [2.45, 2.75) is 45.7 Å². The third-order valence-corrected chi connectivity index (χ3v) is 4.68. The summed E-state index contributed by atoms with van der Waals surface area (Å²) in [7, 11) is 0. The van der Waals surface area contributed by atoms with E-state index < -0.39 is 0 Å². The van der Waals surface area contributed by atoms with E-state index in [0.29, 0.717) is 12.5 Å². The normalized spacial score (nSPS) is 17.3. The van der Waals surface area contributed by atoms with Gasteiger partial charge in [0.1, 0.15) is 0 Å². The largest absolute Gasteiger partial charge is 0.396 e. The van der Waals surface area contributed by atoms with E-state index in [1.165, 1.54) is 11.3 Å². The Balaban J connectivity index is 1.99. The SMILES string of the molecule is CC(C)(C)NCc1ccc(N2CCC(CO)CC2)c(Br)c1. The Bertz CT molecular complexity index is 462. The Morgan fingerprint density at radius 3 is 2.48 bits per heavy atom. The molecule has 0 aromatic heterocycles. The minimum absolute atomic E-state index is 0.136. The maximum atomic E-state index is 9.23. The van der Waals surface area contributed by atoms with E-state index in [4.69, 9.17) is 0 Å². The van der Waals surface area contributed by atoms with Gasteiger partial charge in [0.05, 0.1) is 5.69 Å². The van der Waals surface area contributed by atoms with Crippen LogP contribution in [0, 0.1) is 5.92 Å². The van der Waals surface area contributed by atoms with Crippen LogP contribution >= 0.6 is 15.9 Å². The Morgan fingerprint density at radius 2 is 1.95 bits per heavy atom. The molecule has 0 spiro atoms. The molecule has 0 bridgehead atoms. The second kappa shape index (κ2) is 7.12. The average molecular weight is 355 g/mol. The number of piperidine rings is 1. The van der Waals surface area contributed by atoms with Gasteiger partial charge in [-0.3, -0.25) is 0 Å². The van der Waals surface area contributed by atoms with Crippen LogP contribution in [0.2, 0.25) is 0 Å². The summed E-state index contributed by atoms with van der Waals surface area (Å²) in [5.41, 5.74) is 2.70. The molecule has 0 amide bonds. The summed E-state index contributed by atoms with van der Waals surface area (Å²) in [6, 6.07) is 6.63. The number of aliphatic hydroxyl groups is 1. The number of halogens is 1. The fourth-order valence-corrected chi connectivity index (χ4v) is 3.32. The summed E-state index contributed by atoms with van der Waals surface area (Å²) in [6.45, 7) is 9.82. The zero-order valence-electron chi connectivity index (χ0n) is 13.3. The van der Waals surface area contributed by atoms with E-state index in [9.17, 15) is 5.11 Å². The number of hydrogen-bond acceptors (Lipinski definition) is 3. The lowest BCUT2D eigenvalue weighted by atomic mass is 9.97. The third-order valence-electron chi connectivity index (χ3n) is 4.05. The van der Waals surface area contributed by atoms with Gasteiger partial charge in [-0.2, -0.15) is 0 Å². The van der Waals surface area contributed by atoms with Crippen LogP contribution in [-0.2, 0) is 6.54 Å². The second-order valence-corrected chi connectivity index (χ2v) is 7.86. The van der Waals surface area contributed by atoms with Crippen LogP contribution in [0.1, 0.15) is 39.2 Å². The highest BCUT2D eigenvalue weighted by Gasteiger charge is 2.20. The second-order valence-electron chi connectivity index (χ2n) is 7.00. The monoisotopic (exact) mass is 354 g/mol. The van der Waals surface area contributed by atoms with Crippen molar-refractivity contribution >= 4 is 21.6 Å². The topological polar surface area (TPSA) is 35.5 Å². The van der Waals surface area contributed by atoms with Gasteiger partial charge in [-0.05, 0) is 73.2 Å². The first-order valence-corrected chi connectivity index (χ1v) is 8.57. The summed E-state index contributed by atoms with van der Waals surface area (Å²) in [4.78, 5) is 2.41. The first kappa shape index (κ1) is 16.8. The van der Waals surface area contributed by atoms with Crippen molar-refractivity contribution in [3.05, 3.63) is 28.2 Å². The molecule has 1 fully saturated rings. The summed E-state index contributed by atoms with van der Waals surface area (Å²) in [6.07, 6.45) is 2.16. The van der Waals surface area contributed by atoms with Crippen LogP contribution in [0.4, 0.5) is 5.69 Å². The van der Waals surface area contributed by atoms with Crippen LogP contribution in [-0.4, -0.2) is 30.3 Å². The zero-order valence-corrected chi connectivity index (χ0v) is 14.9. The number of anilines is 1. The lowest BCUT2D eigenvalue weighted by Gasteiger charge is -2.33. The van der Waals surface area contributed by atoms with Gasteiger partial charge in [-0.15, -0.1) is 0 Å². The number of nitrogens with one attached hydrogen (secondary N) is 1. The molecule has 1 heterocycles. The van der Waals surface area contributed by atoms with Crippen molar-refractivity contribution in [1.82, 2.24) is 5.32 Å². The van der Waals surface area contributed by atoms with Gasteiger partial charge in [0.25, 0.3) is 0 Å². The molecule has 3 nitrogen and oxygen atoms in total. The predicted molar refractivity (Wildman–Crippen MR) is 92.8 cm³/mol. The highest BCUT2D eigenvalue weighted by molar-refractivity contribution is 9.10. The van der Waals surface area contributed by atoms with Crippen molar-refractivity contribution in [2.75, 3.05) is 24.6 Å². The van der Waals surface area contributed by atoms with Gasteiger partial charge >= 0.3 is 0 Å². The molecule has 0 saturated carbocycles. The standard InChI is InChI=1S/C17H27BrN2O/c1-17(2,3)19-11-14-4-5-16(15(18)10-14)20-8-6-13(12-21)7-9-20/h4-5,10,13,19,21H,6-9,11-12H2,1-3H3. The first-order valence-electron chi connectivity index (χ1n) is 7.78. The molecule has 2 N–H and O–H groups in total. The summed E-state index contributed by atoms with van der Waals surface area (Å²) in [5, 5.41) is 12.7. The smallest absolute Gasteiger partial charge is 0.0510 e. The van der Waals surface area contributed by atoms with E-state index in [2.05, 4.69) is 65.1 Å². The molecule has 118 valence electrons. The van der Waals surface area contributed by atoms with Crippen molar-refractivity contribution in [1.29, 1.82) is 0 Å². The third kappa shape index (κ3) is 4.97. The van der Waals surface area contributed by atoms with Gasteiger partial charge in [-0.25, -0.2) is 0 Å². The lowest BCUT2D eigenvalue weighted by Crippen LogP contribution is -2.35. The van der Waals surface area contributed by atoms with Gasteiger partial charge in [-0.1, -0.05) is 6.07 Å². The number of hydrogen-bond donors (Lipinski definition) is 2. The molecule has 0 atom stereocenters. The molecule has 0 unspecified atom stereocenters. The molecule has 21 heavy (non-hydrogen) atoms. The molecular formula is C17H27BrN2O. The molecule has 2 rings (SSSR count). The van der Waals surface area contributed by atoms with Crippen LogP contribution < -0.4 is 10.2 Å². The van der Waals surface area contributed by atoms with Crippen LogP contribution in [0.15, 0.2) is 22.7 Å². The quantitative estimate of drug-likeness (QED) is 0.867. The van der Waals surface area contributed by atoms with E-state index in [-0.39, 0.29) is 5.54 Å². The van der Waals surface area contributed by atoms with Gasteiger partial charge in [0.15, 0.2) is 0 Å². The fraction of sp³-hybridized carbons (Fsp3) is 0.647. The molecule has 1 aliphatic rings. The van der Waals surface area contributed by atoms with E-state index >= 15 is 0 Å². The molecule has 1 saturated heterocycles. The predicted octanol–water partition coefficient (Wildman–Crippen LogP) is 3.55. The Morgan fingerprint density at radius 1 is 1.29 bits per heavy atom. The van der Waals surface area contributed by atoms with Crippen LogP contribution in [0.5, 0.6) is 0 Å². The molecule has 1 aliphatic heterocycles. The minimum atomic E-state index is 0.136. The fourth-order valence-electron chi connectivity index (χ4n) is 2.64. The Hall–Kier alpha value is -0.580. The molecule has 4 heteroatoms. The maximum absolute atomic E-state index is 9.23. The molecule has 0 aliphatic carbocycles. The molecule has 1 aromatic rings. The summed E-state index contributed by atoms with van der Waals surface area (Å²) in [5.74, 6) is 0.482. The zero-order chi connectivity index (χ0) is 15.5. The van der Waals surface area contributed by atoms with Gasteiger partial charge in [0, 0.05) is 36.3 Å². The molecule has 0 radical (unpaired) electrons. The van der Waals surface area contributed by atoms with Crippen LogP contribution in [0.3, 0.4) is 0 Å². The summed E-state index contributed by atoms with van der Waals surface area (Å²) >= 11 is 3.72.